The Hall–Kier alpha value is -1.75. The zero-order chi connectivity index (χ0) is 14.5. The van der Waals surface area contributed by atoms with E-state index in [0.717, 1.165) is 12.8 Å². The SMILES string of the molecule is CCC(CC)(CN)CNC(=O)c1ccc(O)c(O)c1. The van der Waals surface area contributed by atoms with E-state index in [-0.39, 0.29) is 22.8 Å². The lowest BCUT2D eigenvalue weighted by Crippen LogP contribution is -2.41. The molecule has 0 bridgehead atoms. The van der Waals surface area contributed by atoms with Crippen LogP contribution >= 0.6 is 0 Å². The Labute approximate surface area is 113 Å². The van der Waals surface area contributed by atoms with Gasteiger partial charge < -0.3 is 21.3 Å². The quantitative estimate of drug-likeness (QED) is 0.588. The lowest BCUT2D eigenvalue weighted by atomic mass is 9.82. The molecule has 0 saturated carbocycles. The number of hydrogen-bond acceptors (Lipinski definition) is 4. The number of benzene rings is 1. The van der Waals surface area contributed by atoms with Crippen LogP contribution in [-0.4, -0.2) is 29.2 Å². The number of phenolic OH excluding ortho intramolecular Hbond substituents is 2. The van der Waals surface area contributed by atoms with Crippen molar-refractivity contribution in [3.05, 3.63) is 23.8 Å². The molecule has 0 spiro atoms. The van der Waals surface area contributed by atoms with Gasteiger partial charge in [-0.25, -0.2) is 0 Å². The van der Waals surface area contributed by atoms with E-state index in [1.807, 2.05) is 0 Å². The van der Waals surface area contributed by atoms with E-state index in [1.54, 1.807) is 0 Å². The molecule has 1 aromatic rings. The highest BCUT2D eigenvalue weighted by atomic mass is 16.3. The summed E-state index contributed by atoms with van der Waals surface area (Å²) in [5, 5.41) is 21.4. The van der Waals surface area contributed by atoms with Crippen LogP contribution in [0.3, 0.4) is 0 Å². The van der Waals surface area contributed by atoms with Crippen LogP contribution < -0.4 is 11.1 Å². The van der Waals surface area contributed by atoms with Crippen molar-refractivity contribution >= 4 is 5.91 Å². The maximum absolute atomic E-state index is 12.0. The van der Waals surface area contributed by atoms with Crippen LogP contribution in [0.4, 0.5) is 0 Å². The van der Waals surface area contributed by atoms with Crippen molar-refractivity contribution in [2.45, 2.75) is 26.7 Å². The van der Waals surface area contributed by atoms with E-state index in [0.29, 0.717) is 18.7 Å². The molecule has 19 heavy (non-hydrogen) atoms. The largest absolute Gasteiger partial charge is 0.504 e. The van der Waals surface area contributed by atoms with Gasteiger partial charge >= 0.3 is 0 Å². The molecule has 0 aliphatic carbocycles. The smallest absolute Gasteiger partial charge is 0.251 e. The zero-order valence-corrected chi connectivity index (χ0v) is 11.4. The van der Waals surface area contributed by atoms with Gasteiger partial charge in [-0.2, -0.15) is 0 Å². The molecule has 0 aromatic heterocycles. The van der Waals surface area contributed by atoms with E-state index in [2.05, 4.69) is 19.2 Å². The summed E-state index contributed by atoms with van der Waals surface area (Å²) in [4.78, 5) is 12.0. The third kappa shape index (κ3) is 3.61. The van der Waals surface area contributed by atoms with Gasteiger partial charge in [0.2, 0.25) is 0 Å². The van der Waals surface area contributed by atoms with Crippen LogP contribution in [0.1, 0.15) is 37.0 Å². The van der Waals surface area contributed by atoms with Gasteiger partial charge in [0.15, 0.2) is 11.5 Å². The lowest BCUT2D eigenvalue weighted by molar-refractivity contribution is 0.0927. The first-order chi connectivity index (χ1) is 8.98. The fraction of sp³-hybridized carbons (Fsp3) is 0.500. The van der Waals surface area contributed by atoms with Crippen LogP contribution in [0.15, 0.2) is 18.2 Å². The second-order valence-electron chi connectivity index (χ2n) is 4.80. The summed E-state index contributed by atoms with van der Waals surface area (Å²) >= 11 is 0. The zero-order valence-electron chi connectivity index (χ0n) is 11.4. The normalized spacial score (nSPS) is 11.3. The predicted molar refractivity (Wildman–Crippen MR) is 74.2 cm³/mol. The first-order valence-corrected chi connectivity index (χ1v) is 6.48. The van der Waals surface area contributed by atoms with E-state index in [4.69, 9.17) is 5.73 Å². The van der Waals surface area contributed by atoms with Crippen molar-refractivity contribution in [1.29, 1.82) is 0 Å². The molecular weight excluding hydrogens is 244 g/mol. The summed E-state index contributed by atoms with van der Waals surface area (Å²) in [5.74, 6) is -0.825. The molecule has 0 aliphatic heterocycles. The molecule has 5 heteroatoms. The Morgan fingerprint density at radius 3 is 2.37 bits per heavy atom. The minimum absolute atomic E-state index is 0.0887. The number of carbonyl (C=O) groups is 1. The fourth-order valence-corrected chi connectivity index (χ4v) is 1.90. The minimum Gasteiger partial charge on any atom is -0.504 e. The van der Waals surface area contributed by atoms with E-state index in [1.165, 1.54) is 18.2 Å². The number of amides is 1. The number of nitrogens with two attached hydrogens (primary N) is 1. The summed E-state index contributed by atoms with van der Waals surface area (Å²) in [6, 6.07) is 4.00. The van der Waals surface area contributed by atoms with Crippen LogP contribution in [0.25, 0.3) is 0 Å². The van der Waals surface area contributed by atoms with E-state index in [9.17, 15) is 15.0 Å². The maximum atomic E-state index is 12.0. The highest BCUT2D eigenvalue weighted by Crippen LogP contribution is 2.26. The standard InChI is InChI=1S/C14H22N2O3/c1-3-14(4-2,8-15)9-16-13(19)10-5-6-11(17)12(18)7-10/h5-7,17-18H,3-4,8-9,15H2,1-2H3,(H,16,19). The van der Waals surface area contributed by atoms with Crippen molar-refractivity contribution in [2.75, 3.05) is 13.1 Å². The van der Waals surface area contributed by atoms with Gasteiger partial charge in [0.1, 0.15) is 0 Å². The van der Waals surface area contributed by atoms with Crippen molar-refractivity contribution < 1.29 is 15.0 Å². The predicted octanol–water partition coefficient (Wildman–Crippen LogP) is 1.59. The number of aromatic hydroxyl groups is 2. The van der Waals surface area contributed by atoms with Crippen molar-refractivity contribution in [3.8, 4) is 11.5 Å². The Morgan fingerprint density at radius 1 is 1.26 bits per heavy atom. The summed E-state index contributed by atoms with van der Waals surface area (Å²) < 4.78 is 0. The van der Waals surface area contributed by atoms with Gasteiger partial charge in [-0.05, 0) is 43.0 Å². The molecule has 0 atom stereocenters. The van der Waals surface area contributed by atoms with Crippen molar-refractivity contribution in [3.63, 3.8) is 0 Å². The third-order valence-electron chi connectivity index (χ3n) is 3.79. The molecule has 5 N–H and O–H groups in total. The Kier molecular flexibility index (Phi) is 5.18. The van der Waals surface area contributed by atoms with Crippen molar-refractivity contribution in [2.24, 2.45) is 11.1 Å². The highest BCUT2D eigenvalue weighted by Gasteiger charge is 2.25. The molecule has 5 nitrogen and oxygen atoms in total. The average Bonchev–Trinajstić information content (AvgIpc) is 2.43. The van der Waals surface area contributed by atoms with Gasteiger partial charge in [-0.3, -0.25) is 4.79 Å². The van der Waals surface area contributed by atoms with Crippen LogP contribution in [0, 0.1) is 5.41 Å². The minimum atomic E-state index is -0.302. The highest BCUT2D eigenvalue weighted by molar-refractivity contribution is 5.94. The van der Waals surface area contributed by atoms with Crippen LogP contribution in [0.5, 0.6) is 11.5 Å². The summed E-state index contributed by atoms with van der Waals surface area (Å²) in [7, 11) is 0. The monoisotopic (exact) mass is 266 g/mol. The van der Waals surface area contributed by atoms with Gasteiger partial charge in [0, 0.05) is 12.1 Å². The van der Waals surface area contributed by atoms with Gasteiger partial charge in [0.05, 0.1) is 0 Å². The molecule has 1 amide bonds. The van der Waals surface area contributed by atoms with Gasteiger partial charge in [0.25, 0.3) is 5.91 Å². The number of rotatable bonds is 6. The second kappa shape index (κ2) is 6.43. The molecule has 0 saturated heterocycles. The Bertz CT molecular complexity index is 434. The number of phenols is 2. The maximum Gasteiger partial charge on any atom is 0.251 e. The molecule has 0 radical (unpaired) electrons. The fourth-order valence-electron chi connectivity index (χ4n) is 1.90. The molecule has 0 aliphatic rings. The Morgan fingerprint density at radius 2 is 1.89 bits per heavy atom. The molecule has 1 rings (SSSR count). The first-order valence-electron chi connectivity index (χ1n) is 6.48. The Balaban J connectivity index is 2.72. The number of nitrogens with one attached hydrogen (secondary N) is 1. The van der Waals surface area contributed by atoms with Crippen LogP contribution in [0.2, 0.25) is 0 Å². The first kappa shape index (κ1) is 15.3. The van der Waals surface area contributed by atoms with E-state index < -0.39 is 0 Å². The number of carbonyl (C=O) groups excluding carboxylic acids is 1. The molecule has 1 aromatic carbocycles. The van der Waals surface area contributed by atoms with Gasteiger partial charge in [-0.1, -0.05) is 13.8 Å². The molecule has 106 valence electrons. The molecular formula is C14H22N2O3. The van der Waals surface area contributed by atoms with Crippen molar-refractivity contribution in [1.82, 2.24) is 5.32 Å². The summed E-state index contributed by atoms with van der Waals surface area (Å²) in [6.07, 6.45) is 1.78. The molecule has 0 unspecified atom stereocenters. The number of hydrogen-bond donors (Lipinski definition) is 4. The summed E-state index contributed by atoms with van der Waals surface area (Å²) in [6.45, 7) is 5.11. The topological polar surface area (TPSA) is 95.6 Å². The molecule has 0 heterocycles. The van der Waals surface area contributed by atoms with Gasteiger partial charge in [-0.15, -0.1) is 0 Å². The average molecular weight is 266 g/mol. The third-order valence-corrected chi connectivity index (χ3v) is 3.79. The molecule has 0 fully saturated rings. The van der Waals surface area contributed by atoms with Crippen LogP contribution in [-0.2, 0) is 0 Å². The second-order valence-corrected chi connectivity index (χ2v) is 4.80. The van der Waals surface area contributed by atoms with E-state index >= 15 is 0 Å². The lowest BCUT2D eigenvalue weighted by Gasteiger charge is -2.30. The summed E-state index contributed by atoms with van der Waals surface area (Å²) in [5.41, 5.74) is 6.00.